The van der Waals surface area contributed by atoms with E-state index in [0.29, 0.717) is 72.0 Å². The number of oxime groups is 4. The van der Waals surface area contributed by atoms with Gasteiger partial charge in [-0.1, -0.05) is 76.0 Å². The Hall–Kier alpha value is -9.78. The van der Waals surface area contributed by atoms with E-state index in [1.54, 1.807) is 142 Å². The largest absolute Gasteiger partial charge is 0.494 e. The molecule has 30 nitrogen and oxygen atoms in total. The zero-order valence-corrected chi connectivity index (χ0v) is 66.8. The number of amidine groups is 4. The second-order valence-corrected chi connectivity index (χ2v) is 30.9. The topological polar surface area (TPSA) is 431 Å². The number of nitrogens with one attached hydrogen (secondary N) is 2. The number of benzene rings is 4. The molecule has 4 aromatic carbocycles. The maximum Gasteiger partial charge on any atom is 0.408 e. The second-order valence-electron chi connectivity index (χ2n) is 30.9. The van der Waals surface area contributed by atoms with Crippen LogP contribution in [0.25, 0.3) is 0 Å². The zero-order chi connectivity index (χ0) is 81.1. The number of piperidine rings is 2. The molecule has 0 aromatic heterocycles. The fourth-order valence-electron chi connectivity index (χ4n) is 11.2. The summed E-state index contributed by atoms with van der Waals surface area (Å²) in [5.74, 6) is 1.08. The number of hydrogen-bond donors (Lipinski definition) is 8. The molecule has 2 saturated heterocycles. The van der Waals surface area contributed by atoms with Crippen molar-refractivity contribution in [2.45, 2.75) is 197 Å². The molecule has 2 fully saturated rings. The lowest BCUT2D eigenvalue weighted by atomic mass is 9.92. The van der Waals surface area contributed by atoms with E-state index in [2.05, 4.69) is 41.1 Å². The molecule has 608 valence electrons. The first kappa shape index (κ1) is 90.8. The minimum atomic E-state index is -0.963. The molecule has 0 saturated carbocycles. The maximum absolute atomic E-state index is 12.7. The normalized spacial score (nSPS) is 15.7. The van der Waals surface area contributed by atoms with Gasteiger partial charge in [0.2, 0.25) is 0 Å². The number of hydrogen-bond acceptors (Lipinski definition) is 24. The van der Waals surface area contributed by atoms with Crippen molar-refractivity contribution in [2.24, 2.45) is 90.5 Å². The average molecular weight is 1540 g/mol. The third-order valence-electron chi connectivity index (χ3n) is 17.9. The Morgan fingerprint density at radius 1 is 0.391 bits per heavy atom. The van der Waals surface area contributed by atoms with Crippen LogP contribution in [0.15, 0.2) is 118 Å². The summed E-state index contributed by atoms with van der Waals surface area (Å²) in [5.41, 5.74) is 36.5. The quantitative estimate of drug-likeness (QED) is 0.00680. The van der Waals surface area contributed by atoms with Gasteiger partial charge in [-0.25, -0.2) is 28.8 Å². The van der Waals surface area contributed by atoms with Crippen LogP contribution in [-0.4, -0.2) is 170 Å². The molecule has 30 heteroatoms. The molecular formula is C80H122N14O16. The van der Waals surface area contributed by atoms with Crippen molar-refractivity contribution in [3.8, 4) is 23.0 Å². The highest BCUT2D eigenvalue weighted by atomic mass is 16.7. The molecule has 2 amide bonds. The predicted octanol–water partition coefficient (Wildman–Crippen LogP) is 9.77. The van der Waals surface area contributed by atoms with Gasteiger partial charge in [-0.05, 0) is 264 Å². The molecule has 0 aliphatic carbocycles. The van der Waals surface area contributed by atoms with E-state index in [9.17, 15) is 28.8 Å². The smallest absolute Gasteiger partial charge is 0.408 e. The molecule has 0 bridgehead atoms. The van der Waals surface area contributed by atoms with E-state index in [0.717, 1.165) is 102 Å². The van der Waals surface area contributed by atoms with Crippen LogP contribution in [0.3, 0.4) is 0 Å². The van der Waals surface area contributed by atoms with Crippen LogP contribution < -0.4 is 64.0 Å². The van der Waals surface area contributed by atoms with Gasteiger partial charge in [0.15, 0.2) is 23.3 Å². The Balaban J connectivity index is 0.000000407. The number of nitrogens with two attached hydrogens (primary N) is 6. The lowest BCUT2D eigenvalue weighted by molar-refractivity contribution is -0.148. The third kappa shape index (κ3) is 34.4. The highest BCUT2D eigenvalue weighted by Crippen LogP contribution is 2.26. The highest BCUT2D eigenvalue weighted by molar-refractivity contribution is 5.99. The van der Waals surface area contributed by atoms with Crippen molar-refractivity contribution < 1.29 is 76.5 Å². The first-order chi connectivity index (χ1) is 52.0. The number of carbonyl (C=O) groups excluding carboxylic acids is 6. The van der Waals surface area contributed by atoms with E-state index in [4.69, 9.17) is 82.2 Å². The lowest BCUT2D eigenvalue weighted by Crippen LogP contribution is -2.46. The number of alkyl carbamates (subject to hydrolysis) is 2. The molecule has 0 radical (unpaired) electrons. The first-order valence-electron chi connectivity index (χ1n) is 38.1. The number of amides is 2. The van der Waals surface area contributed by atoms with E-state index < -0.39 is 71.4 Å². The molecule has 14 N–H and O–H groups in total. The summed E-state index contributed by atoms with van der Waals surface area (Å²) in [6, 6.07) is 25.1. The van der Waals surface area contributed by atoms with Crippen molar-refractivity contribution in [3.05, 3.63) is 119 Å². The first-order valence-corrected chi connectivity index (χ1v) is 38.1. The molecule has 4 atom stereocenters. The van der Waals surface area contributed by atoms with Crippen LogP contribution in [-0.2, 0) is 48.0 Å². The Labute approximate surface area is 648 Å². The van der Waals surface area contributed by atoms with Crippen molar-refractivity contribution in [3.63, 3.8) is 0 Å². The summed E-state index contributed by atoms with van der Waals surface area (Å²) < 4.78 is 34.2. The predicted molar refractivity (Wildman–Crippen MR) is 423 cm³/mol. The van der Waals surface area contributed by atoms with E-state index in [1.165, 1.54) is 12.8 Å². The summed E-state index contributed by atoms with van der Waals surface area (Å²) in [4.78, 5) is 98.2. The zero-order valence-electron chi connectivity index (χ0n) is 66.8. The van der Waals surface area contributed by atoms with Crippen molar-refractivity contribution in [2.75, 3.05) is 65.7 Å². The number of likely N-dealkylation sites (tertiary alicyclic amines) is 2. The Morgan fingerprint density at radius 3 is 0.873 bits per heavy atom. The molecule has 4 aromatic rings. The maximum atomic E-state index is 12.7. The minimum Gasteiger partial charge on any atom is -0.494 e. The van der Waals surface area contributed by atoms with E-state index in [1.807, 2.05) is 52.0 Å². The van der Waals surface area contributed by atoms with Crippen LogP contribution >= 0.6 is 0 Å². The Bertz CT molecular complexity index is 3370. The van der Waals surface area contributed by atoms with Crippen LogP contribution in [0.4, 0.5) is 9.59 Å². The van der Waals surface area contributed by atoms with Crippen LogP contribution in [0.1, 0.15) is 183 Å². The van der Waals surface area contributed by atoms with Crippen molar-refractivity contribution in [1.82, 2.24) is 20.4 Å². The van der Waals surface area contributed by atoms with Crippen LogP contribution in [0.5, 0.6) is 23.0 Å². The van der Waals surface area contributed by atoms with Gasteiger partial charge < -0.3 is 103 Å². The number of nitrogens with zero attached hydrogens (tertiary/aromatic N) is 6. The van der Waals surface area contributed by atoms with Crippen LogP contribution in [0, 0.1) is 35.5 Å². The molecule has 6 rings (SSSR count). The molecule has 2 aliphatic heterocycles. The van der Waals surface area contributed by atoms with E-state index >= 15 is 0 Å². The Kier molecular flexibility index (Phi) is 38.0. The van der Waals surface area contributed by atoms with Gasteiger partial charge in [0.05, 0.1) is 26.4 Å². The van der Waals surface area contributed by atoms with Gasteiger partial charge in [-0.3, -0.25) is 0 Å². The molecular weight excluding hydrogens is 1410 g/mol. The number of ether oxygens (including phenoxy) is 6. The third-order valence-corrected chi connectivity index (χ3v) is 17.9. The summed E-state index contributed by atoms with van der Waals surface area (Å²) in [5, 5.41) is 20.0. The lowest BCUT2D eigenvalue weighted by Gasteiger charge is -2.32. The summed E-state index contributed by atoms with van der Waals surface area (Å²) in [7, 11) is 0. The monoisotopic (exact) mass is 1530 g/mol. The summed E-state index contributed by atoms with van der Waals surface area (Å²) in [6.07, 6.45) is 9.20. The second kappa shape index (κ2) is 46.0. The summed E-state index contributed by atoms with van der Waals surface area (Å²) in [6.45, 7) is 33.5. The molecule has 0 unspecified atom stereocenters. The fourth-order valence-corrected chi connectivity index (χ4v) is 11.2. The minimum absolute atomic E-state index is 0.0113. The summed E-state index contributed by atoms with van der Waals surface area (Å²) >= 11 is 0. The van der Waals surface area contributed by atoms with Crippen molar-refractivity contribution >= 4 is 59.4 Å². The molecule has 2 heterocycles. The van der Waals surface area contributed by atoms with Gasteiger partial charge in [-0.15, -0.1) is 0 Å². The van der Waals surface area contributed by atoms with E-state index in [-0.39, 0.29) is 47.0 Å². The van der Waals surface area contributed by atoms with Crippen molar-refractivity contribution in [1.29, 1.82) is 0 Å². The molecule has 2 aliphatic rings. The molecule has 110 heavy (non-hydrogen) atoms. The van der Waals surface area contributed by atoms with Gasteiger partial charge in [-0.2, -0.15) is 0 Å². The number of rotatable bonds is 38. The average Bonchev–Trinajstić information content (AvgIpc) is 0.867. The SMILES string of the molecule is CC(C)[C@H](N)C(=O)O/N=C(\N)c1ccc(OCCCC2CCN(CCCOc3ccc(/C(N)=N/OC(=O)[C@@H](N)C(C)C)cc3)CC2)cc1.CC(C)[C@H](NC(=O)OC(C)(C)C)C(=O)O/N=C(\N)c1ccc(OCCCN2CCC(CCCOc3ccc(/C(N)=N/OC(=O)[C@H](NC(=O)OC(C)(C)C)C(C)C)cc3)CC2)cc1. The van der Waals surface area contributed by atoms with Gasteiger partial charge >= 0.3 is 36.1 Å². The fraction of sp³-hybridized carbons (Fsp3) is 0.575. The van der Waals surface area contributed by atoms with Gasteiger partial charge in [0.25, 0.3) is 0 Å². The van der Waals surface area contributed by atoms with Crippen LogP contribution in [0.2, 0.25) is 0 Å². The standard InChI is InChI=1S/C45H69N7O10.C35H53N7O6/c1-29(2)36(48-42(55)59-44(5,6)7)40(53)61-50-38(46)32-14-18-34(19-15-32)57-27-11-13-31-22-25-52(26-23-31)24-12-28-58-35-20-16-33(17-21-35)39(47)51-62-41(54)37(30(3)4)49-43(56)60-45(8,9)10;1-23(2)30(36)34(43)47-40-32(38)26-8-12-28(13-9-26)45-21-5-7-25-16-19-42(20-17-25)18-6-22-46-29-14-10-27(11-15-29)33(39)41-48-35(44)31(37)24(3)4/h14-21,29-31,36-37H,11-13,22-28H2,1-10H3,(H2,46,50)(H2,47,51)(H,48,55)(H,49,56);8-15,23-25,30-31H,5-7,16-22,36-37H2,1-4H3,(H2,38,40)(H2,39,41)/t36-,37+;30-,31-/m10/s1. The van der Waals surface area contributed by atoms with Gasteiger partial charge in [0, 0.05) is 35.3 Å². The number of carbonyl (C=O) groups is 6. The highest BCUT2D eigenvalue weighted by Gasteiger charge is 2.31. The Morgan fingerprint density at radius 2 is 0.636 bits per heavy atom. The van der Waals surface area contributed by atoms with Gasteiger partial charge in [0.1, 0.15) is 58.4 Å². The molecule has 0 spiro atoms.